The van der Waals surface area contributed by atoms with E-state index in [0.717, 1.165) is 24.8 Å². The molecule has 6 rings (SSSR count). The summed E-state index contributed by atoms with van der Waals surface area (Å²) in [5.41, 5.74) is 4.14. The van der Waals surface area contributed by atoms with Crippen LogP contribution >= 0.6 is 0 Å². The summed E-state index contributed by atoms with van der Waals surface area (Å²) in [6.07, 6.45) is 16.0. The standard InChI is InChI=1S/C18H16.C8H18O.C7H8O.C6H12O.C2H6O2/c1-3-7-15-13(5-1)9-11-18-16-8-4-2-6-14(16)10-12-17(15)18;1-3-5-6-8(4-2)7-9;8-6-7-4-2-1-3-5-7;7-6-4-2-1-3-5-6;3-1-2-4/h1,3,5,7,9-12H,2,4,6,8H2;8-9H,3-7H2,1-2H3;1-5,8H,6H2;6-7H,1-5H2;3-4H,1-2H2. The highest BCUT2D eigenvalue weighted by Crippen LogP contribution is 2.33. The summed E-state index contributed by atoms with van der Waals surface area (Å²) < 4.78 is 0. The molecule has 4 aromatic rings. The van der Waals surface area contributed by atoms with Gasteiger partial charge >= 0.3 is 0 Å². The molecule has 4 aromatic carbocycles. The molecule has 0 saturated heterocycles. The predicted molar refractivity (Wildman–Crippen MR) is 194 cm³/mol. The Labute approximate surface area is 277 Å². The van der Waals surface area contributed by atoms with E-state index < -0.39 is 0 Å². The summed E-state index contributed by atoms with van der Waals surface area (Å²) in [4.78, 5) is 0. The maximum Gasteiger partial charge on any atom is 0.0681 e. The van der Waals surface area contributed by atoms with Crippen LogP contribution in [-0.2, 0) is 19.4 Å². The lowest BCUT2D eigenvalue weighted by Crippen LogP contribution is -2.09. The normalized spacial score (nSPS) is 14.6. The Balaban J connectivity index is 0.000000224. The predicted octanol–water partition coefficient (Wildman–Crippen LogP) is 8.53. The fraction of sp³-hybridized carbons (Fsp3) is 0.512. The largest absolute Gasteiger partial charge is 0.396 e. The first-order chi connectivity index (χ1) is 22.5. The maximum absolute atomic E-state index is 8.91. The number of aliphatic hydroxyl groups is 5. The molecule has 0 radical (unpaired) electrons. The zero-order valence-electron chi connectivity index (χ0n) is 28.4. The Morgan fingerprint density at radius 2 is 1.30 bits per heavy atom. The van der Waals surface area contributed by atoms with E-state index in [1.165, 1.54) is 85.8 Å². The Kier molecular flexibility index (Phi) is 20.9. The fourth-order valence-electron chi connectivity index (χ4n) is 5.92. The van der Waals surface area contributed by atoms with Gasteiger partial charge in [-0.05, 0) is 89.1 Å². The average molecular weight is 633 g/mol. The van der Waals surface area contributed by atoms with Gasteiger partial charge in [0.05, 0.1) is 25.9 Å². The smallest absolute Gasteiger partial charge is 0.0681 e. The molecule has 0 spiro atoms. The van der Waals surface area contributed by atoms with Crippen molar-refractivity contribution < 1.29 is 25.5 Å². The minimum Gasteiger partial charge on any atom is -0.396 e. The van der Waals surface area contributed by atoms with Crippen LogP contribution in [0.5, 0.6) is 0 Å². The van der Waals surface area contributed by atoms with Crippen molar-refractivity contribution in [2.75, 3.05) is 19.8 Å². The van der Waals surface area contributed by atoms with E-state index in [0.29, 0.717) is 12.5 Å². The first-order valence-electron chi connectivity index (χ1n) is 17.6. The molecule has 5 nitrogen and oxygen atoms in total. The van der Waals surface area contributed by atoms with E-state index in [2.05, 4.69) is 62.4 Å². The van der Waals surface area contributed by atoms with Crippen LogP contribution in [0.15, 0.2) is 78.9 Å². The zero-order valence-corrected chi connectivity index (χ0v) is 28.4. The molecule has 2 aliphatic rings. The summed E-state index contributed by atoms with van der Waals surface area (Å²) in [6, 6.07) is 27.5. The van der Waals surface area contributed by atoms with Gasteiger partial charge in [0, 0.05) is 6.61 Å². The SMILES string of the molecule is CCCCC(CC)CO.OC1CCCCC1.OCCO.OCc1ccccc1.c1ccc2c(c1)ccc1c3c(ccc12)CCCC3. The Bertz CT molecular complexity index is 1310. The van der Waals surface area contributed by atoms with E-state index in [-0.39, 0.29) is 25.9 Å². The molecule has 5 N–H and O–H groups in total. The second-order valence-corrected chi connectivity index (χ2v) is 12.3. The molecule has 1 atom stereocenters. The van der Waals surface area contributed by atoms with Gasteiger partial charge in [-0.25, -0.2) is 0 Å². The summed E-state index contributed by atoms with van der Waals surface area (Å²) in [7, 11) is 0. The van der Waals surface area contributed by atoms with Crippen molar-refractivity contribution in [3.63, 3.8) is 0 Å². The molecule has 1 unspecified atom stereocenters. The van der Waals surface area contributed by atoms with E-state index in [9.17, 15) is 0 Å². The van der Waals surface area contributed by atoms with Crippen molar-refractivity contribution in [3.05, 3.63) is 95.6 Å². The highest BCUT2D eigenvalue weighted by molar-refractivity contribution is 6.08. The second kappa shape index (κ2) is 24.4. The van der Waals surface area contributed by atoms with Crippen LogP contribution in [0.1, 0.15) is 101 Å². The third-order valence-corrected chi connectivity index (χ3v) is 8.76. The molecule has 1 saturated carbocycles. The second-order valence-electron chi connectivity index (χ2n) is 12.3. The summed E-state index contributed by atoms with van der Waals surface area (Å²) >= 11 is 0. The first kappa shape index (κ1) is 39.4. The van der Waals surface area contributed by atoms with E-state index in [4.69, 9.17) is 25.5 Å². The van der Waals surface area contributed by atoms with Crippen molar-refractivity contribution in [2.24, 2.45) is 5.92 Å². The van der Waals surface area contributed by atoms with Crippen LogP contribution in [0, 0.1) is 5.92 Å². The van der Waals surface area contributed by atoms with Crippen LogP contribution in [0.3, 0.4) is 0 Å². The number of benzene rings is 4. The van der Waals surface area contributed by atoms with Gasteiger partial charge in [-0.3, -0.25) is 0 Å². The molecule has 254 valence electrons. The fourth-order valence-corrected chi connectivity index (χ4v) is 5.92. The number of unbranched alkanes of at least 4 members (excludes halogenated alkanes) is 1. The third kappa shape index (κ3) is 14.3. The quantitative estimate of drug-likeness (QED) is 0.132. The molecule has 0 aliphatic heterocycles. The number of rotatable bonds is 7. The topological polar surface area (TPSA) is 101 Å². The number of aliphatic hydroxyl groups excluding tert-OH is 5. The van der Waals surface area contributed by atoms with E-state index in [1.807, 2.05) is 30.3 Å². The highest BCUT2D eigenvalue weighted by Gasteiger charge is 2.13. The molecule has 5 heteroatoms. The van der Waals surface area contributed by atoms with Crippen LogP contribution in [-0.4, -0.2) is 51.5 Å². The number of hydrogen-bond donors (Lipinski definition) is 5. The van der Waals surface area contributed by atoms with Gasteiger partial charge in [0.15, 0.2) is 0 Å². The molecule has 46 heavy (non-hydrogen) atoms. The first-order valence-corrected chi connectivity index (χ1v) is 17.6. The summed E-state index contributed by atoms with van der Waals surface area (Å²) in [5.74, 6) is 0.560. The number of aryl methyl sites for hydroxylation is 2. The minimum atomic E-state index is -0.125. The van der Waals surface area contributed by atoms with Gasteiger partial charge in [-0.15, -0.1) is 0 Å². The average Bonchev–Trinajstić information content (AvgIpc) is 3.13. The van der Waals surface area contributed by atoms with Crippen molar-refractivity contribution >= 4 is 21.5 Å². The molecule has 0 amide bonds. The minimum absolute atomic E-state index is 0.0359. The summed E-state index contributed by atoms with van der Waals surface area (Å²) in [5, 5.41) is 47.1. The van der Waals surface area contributed by atoms with Gasteiger partial charge in [-0.2, -0.15) is 0 Å². The summed E-state index contributed by atoms with van der Waals surface area (Å²) in [6.45, 7) is 4.58. The van der Waals surface area contributed by atoms with Crippen LogP contribution in [0.4, 0.5) is 0 Å². The van der Waals surface area contributed by atoms with E-state index >= 15 is 0 Å². The maximum atomic E-state index is 8.91. The van der Waals surface area contributed by atoms with Gasteiger partial charge < -0.3 is 25.5 Å². The molecular formula is C41H60O5. The lowest BCUT2D eigenvalue weighted by Gasteiger charge is -2.18. The van der Waals surface area contributed by atoms with E-state index in [1.54, 1.807) is 11.1 Å². The molecule has 0 aromatic heterocycles. The van der Waals surface area contributed by atoms with Gasteiger partial charge in [0.25, 0.3) is 0 Å². The molecule has 0 heterocycles. The Hall–Kier alpha value is -2.80. The van der Waals surface area contributed by atoms with Gasteiger partial charge in [0.2, 0.25) is 0 Å². The lowest BCUT2D eigenvalue weighted by atomic mass is 9.86. The molecule has 2 aliphatic carbocycles. The van der Waals surface area contributed by atoms with Crippen molar-refractivity contribution in [3.8, 4) is 0 Å². The zero-order chi connectivity index (χ0) is 33.4. The number of hydrogen-bond acceptors (Lipinski definition) is 5. The van der Waals surface area contributed by atoms with Crippen LogP contribution < -0.4 is 0 Å². The van der Waals surface area contributed by atoms with Gasteiger partial charge in [0.1, 0.15) is 0 Å². The highest BCUT2D eigenvalue weighted by atomic mass is 16.3. The van der Waals surface area contributed by atoms with Crippen molar-refractivity contribution in [1.29, 1.82) is 0 Å². The van der Waals surface area contributed by atoms with Crippen LogP contribution in [0.25, 0.3) is 21.5 Å². The molecular weight excluding hydrogens is 572 g/mol. The van der Waals surface area contributed by atoms with Crippen LogP contribution in [0.2, 0.25) is 0 Å². The number of fused-ring (bicyclic) bond motifs is 5. The molecule has 1 fully saturated rings. The van der Waals surface area contributed by atoms with Gasteiger partial charge in [-0.1, -0.05) is 131 Å². The Morgan fingerprint density at radius 1 is 0.652 bits per heavy atom. The molecule has 0 bridgehead atoms. The van der Waals surface area contributed by atoms with Crippen molar-refractivity contribution in [1.82, 2.24) is 0 Å². The lowest BCUT2D eigenvalue weighted by molar-refractivity contribution is 0.130. The monoisotopic (exact) mass is 632 g/mol. The third-order valence-electron chi connectivity index (χ3n) is 8.76. The Morgan fingerprint density at radius 3 is 1.87 bits per heavy atom. The van der Waals surface area contributed by atoms with Crippen molar-refractivity contribution in [2.45, 2.75) is 110 Å².